The Balaban J connectivity index is 2.09. The van der Waals surface area contributed by atoms with E-state index in [1.165, 1.54) is 17.5 Å². The first-order valence-electron chi connectivity index (χ1n) is 7.72. The number of hydrogen-bond donors (Lipinski definition) is 1. The summed E-state index contributed by atoms with van der Waals surface area (Å²) in [5, 5.41) is 7.05. The highest BCUT2D eigenvalue weighted by molar-refractivity contribution is 5.95. The van der Waals surface area contributed by atoms with Gasteiger partial charge in [-0.25, -0.2) is 4.68 Å². The third kappa shape index (κ3) is 3.52. The number of carbonyl (C=O) groups is 1. The Morgan fingerprint density at radius 1 is 1.38 bits per heavy atom. The van der Waals surface area contributed by atoms with Crippen LogP contribution >= 0.6 is 0 Å². The Kier molecular flexibility index (Phi) is 4.80. The van der Waals surface area contributed by atoms with E-state index in [-0.39, 0.29) is 17.0 Å². The molecule has 5 heteroatoms. The smallest absolute Gasteiger partial charge is 0.279 e. The standard InChI is InChI=1S/C16H25N3O2/c1-10-6-5-7-13(8-10)9-17-15(20)14-11(2)12(3)18-19(4)16(14)21/h10,13H,5-9H2,1-4H3,(H,17,20). The molecular formula is C16H25N3O2. The van der Waals surface area contributed by atoms with Crippen molar-refractivity contribution >= 4 is 5.91 Å². The van der Waals surface area contributed by atoms with Crippen molar-refractivity contribution in [3.8, 4) is 0 Å². The largest absolute Gasteiger partial charge is 0.352 e. The highest BCUT2D eigenvalue weighted by Gasteiger charge is 2.22. The molecule has 1 saturated carbocycles. The highest BCUT2D eigenvalue weighted by atomic mass is 16.2. The number of nitrogens with zero attached hydrogens (tertiary/aromatic N) is 2. The van der Waals surface area contributed by atoms with Crippen molar-refractivity contribution in [1.82, 2.24) is 15.1 Å². The van der Waals surface area contributed by atoms with Gasteiger partial charge in [0.15, 0.2) is 0 Å². The van der Waals surface area contributed by atoms with Crippen LogP contribution in [0.2, 0.25) is 0 Å². The first-order valence-corrected chi connectivity index (χ1v) is 7.72. The molecule has 0 radical (unpaired) electrons. The number of hydrogen-bond acceptors (Lipinski definition) is 3. The summed E-state index contributed by atoms with van der Waals surface area (Å²) in [6.07, 6.45) is 4.84. The summed E-state index contributed by atoms with van der Waals surface area (Å²) in [6, 6.07) is 0. The molecule has 2 unspecified atom stereocenters. The first-order chi connectivity index (χ1) is 9.90. The molecular weight excluding hydrogens is 266 g/mol. The molecule has 0 bridgehead atoms. The monoisotopic (exact) mass is 291 g/mol. The maximum atomic E-state index is 12.4. The number of aryl methyl sites for hydroxylation is 2. The van der Waals surface area contributed by atoms with E-state index in [1.807, 2.05) is 6.92 Å². The predicted octanol–water partition coefficient (Wildman–Crippen LogP) is 1.95. The molecule has 1 aliphatic carbocycles. The summed E-state index contributed by atoms with van der Waals surface area (Å²) < 4.78 is 1.24. The van der Waals surface area contributed by atoms with Crippen LogP contribution in [0.5, 0.6) is 0 Å². The molecule has 0 aromatic carbocycles. The Labute approximate surface area is 125 Å². The van der Waals surface area contributed by atoms with Gasteiger partial charge in [-0.3, -0.25) is 9.59 Å². The number of carbonyl (C=O) groups excluding carboxylic acids is 1. The normalized spacial score (nSPS) is 22.1. The third-order valence-electron chi connectivity index (χ3n) is 4.55. The minimum Gasteiger partial charge on any atom is -0.352 e. The molecule has 1 N–H and O–H groups in total. The van der Waals surface area contributed by atoms with Gasteiger partial charge in [-0.05, 0) is 44.1 Å². The summed E-state index contributed by atoms with van der Waals surface area (Å²) in [4.78, 5) is 24.5. The van der Waals surface area contributed by atoms with E-state index < -0.39 is 0 Å². The molecule has 1 aromatic heterocycles. The van der Waals surface area contributed by atoms with Crippen molar-refractivity contribution in [1.29, 1.82) is 0 Å². The quantitative estimate of drug-likeness (QED) is 0.926. The van der Waals surface area contributed by atoms with Gasteiger partial charge < -0.3 is 5.32 Å². The molecule has 2 rings (SSSR count). The van der Waals surface area contributed by atoms with Crippen LogP contribution in [-0.4, -0.2) is 22.2 Å². The van der Waals surface area contributed by atoms with Gasteiger partial charge in [-0.2, -0.15) is 5.10 Å². The molecule has 1 aromatic rings. The highest BCUT2D eigenvalue weighted by Crippen LogP contribution is 2.27. The number of amides is 1. The molecule has 21 heavy (non-hydrogen) atoms. The van der Waals surface area contributed by atoms with Gasteiger partial charge in [0.2, 0.25) is 0 Å². The van der Waals surface area contributed by atoms with Gasteiger partial charge in [0.25, 0.3) is 11.5 Å². The molecule has 2 atom stereocenters. The van der Waals surface area contributed by atoms with E-state index in [0.717, 1.165) is 18.8 Å². The maximum Gasteiger partial charge on any atom is 0.279 e. The molecule has 0 spiro atoms. The Morgan fingerprint density at radius 2 is 2.10 bits per heavy atom. The molecule has 0 saturated heterocycles. The van der Waals surface area contributed by atoms with Crippen molar-refractivity contribution < 1.29 is 4.79 Å². The Hall–Kier alpha value is -1.65. The first kappa shape index (κ1) is 15.7. The van der Waals surface area contributed by atoms with Crippen molar-refractivity contribution in [2.45, 2.75) is 46.5 Å². The van der Waals surface area contributed by atoms with Crippen LogP contribution in [0.3, 0.4) is 0 Å². The second-order valence-corrected chi connectivity index (χ2v) is 6.36. The zero-order valence-corrected chi connectivity index (χ0v) is 13.4. The van der Waals surface area contributed by atoms with E-state index in [2.05, 4.69) is 17.3 Å². The SMILES string of the molecule is Cc1nn(C)c(=O)c(C(=O)NCC2CCCC(C)C2)c1C. The van der Waals surface area contributed by atoms with Crippen molar-refractivity contribution in [2.75, 3.05) is 6.54 Å². The second-order valence-electron chi connectivity index (χ2n) is 6.36. The van der Waals surface area contributed by atoms with E-state index in [1.54, 1.807) is 14.0 Å². The average molecular weight is 291 g/mol. The second kappa shape index (κ2) is 6.41. The van der Waals surface area contributed by atoms with Gasteiger partial charge >= 0.3 is 0 Å². The van der Waals surface area contributed by atoms with Crippen LogP contribution in [0.4, 0.5) is 0 Å². The molecule has 1 heterocycles. The van der Waals surface area contributed by atoms with E-state index >= 15 is 0 Å². The van der Waals surface area contributed by atoms with Crippen LogP contribution in [0.15, 0.2) is 4.79 Å². The van der Waals surface area contributed by atoms with Gasteiger partial charge in [-0.1, -0.05) is 19.8 Å². The summed E-state index contributed by atoms with van der Waals surface area (Å²) >= 11 is 0. The fourth-order valence-corrected chi connectivity index (χ4v) is 3.19. The van der Waals surface area contributed by atoms with Crippen LogP contribution < -0.4 is 10.9 Å². The lowest BCUT2D eigenvalue weighted by Crippen LogP contribution is -2.37. The number of aromatic nitrogens is 2. The maximum absolute atomic E-state index is 12.4. The summed E-state index contributed by atoms with van der Waals surface area (Å²) in [5.74, 6) is 1.00. The third-order valence-corrected chi connectivity index (χ3v) is 4.55. The fourth-order valence-electron chi connectivity index (χ4n) is 3.19. The van der Waals surface area contributed by atoms with Crippen molar-refractivity contribution in [2.24, 2.45) is 18.9 Å². The lowest BCUT2D eigenvalue weighted by atomic mass is 9.82. The van der Waals surface area contributed by atoms with Crippen LogP contribution in [0.25, 0.3) is 0 Å². The van der Waals surface area contributed by atoms with Crippen LogP contribution in [0.1, 0.15) is 54.2 Å². The van der Waals surface area contributed by atoms with Crippen molar-refractivity contribution in [3.63, 3.8) is 0 Å². The zero-order chi connectivity index (χ0) is 15.6. The van der Waals surface area contributed by atoms with Gasteiger partial charge in [-0.15, -0.1) is 0 Å². The summed E-state index contributed by atoms with van der Waals surface area (Å²) in [5.41, 5.74) is 1.29. The molecule has 1 fully saturated rings. The molecule has 1 aliphatic rings. The number of rotatable bonds is 3. The van der Waals surface area contributed by atoms with Gasteiger partial charge in [0.1, 0.15) is 5.56 Å². The Bertz CT molecular complexity index is 592. The molecule has 116 valence electrons. The number of nitrogens with one attached hydrogen (secondary N) is 1. The Morgan fingerprint density at radius 3 is 2.76 bits per heavy atom. The van der Waals surface area contributed by atoms with E-state index in [9.17, 15) is 9.59 Å². The lowest BCUT2D eigenvalue weighted by Gasteiger charge is -2.26. The summed E-state index contributed by atoms with van der Waals surface area (Å²) in [6.45, 7) is 6.52. The van der Waals surface area contributed by atoms with Crippen LogP contribution in [0, 0.1) is 25.7 Å². The average Bonchev–Trinajstić information content (AvgIpc) is 2.43. The van der Waals surface area contributed by atoms with E-state index in [4.69, 9.17) is 0 Å². The van der Waals surface area contributed by atoms with Gasteiger partial charge in [0.05, 0.1) is 5.69 Å². The topological polar surface area (TPSA) is 64.0 Å². The molecule has 1 amide bonds. The molecule has 5 nitrogen and oxygen atoms in total. The summed E-state index contributed by atoms with van der Waals surface area (Å²) in [7, 11) is 1.58. The zero-order valence-electron chi connectivity index (χ0n) is 13.4. The lowest BCUT2D eigenvalue weighted by molar-refractivity contribution is 0.0937. The van der Waals surface area contributed by atoms with Gasteiger partial charge in [0, 0.05) is 13.6 Å². The fraction of sp³-hybridized carbons (Fsp3) is 0.688. The van der Waals surface area contributed by atoms with E-state index in [0.29, 0.717) is 23.7 Å². The molecule has 0 aliphatic heterocycles. The predicted molar refractivity (Wildman–Crippen MR) is 82.4 cm³/mol. The minimum absolute atomic E-state index is 0.230. The van der Waals surface area contributed by atoms with Crippen LogP contribution in [-0.2, 0) is 7.05 Å². The van der Waals surface area contributed by atoms with Crippen molar-refractivity contribution in [3.05, 3.63) is 27.2 Å². The minimum atomic E-state index is -0.326.